The van der Waals surface area contributed by atoms with Crippen LogP contribution in [0.25, 0.3) is 0 Å². The number of hydrazine groups is 1. The Morgan fingerprint density at radius 1 is 1.29 bits per heavy atom. The predicted octanol–water partition coefficient (Wildman–Crippen LogP) is 0.845. The second-order valence-electron chi connectivity index (χ2n) is 8.14. The van der Waals surface area contributed by atoms with Crippen molar-refractivity contribution >= 4 is 34.8 Å². The third kappa shape index (κ3) is 3.82. The number of fused-ring (bicyclic) bond motifs is 1. The van der Waals surface area contributed by atoms with Crippen LogP contribution >= 0.6 is 23.2 Å². The van der Waals surface area contributed by atoms with Crippen molar-refractivity contribution < 1.29 is 4.79 Å². The molecule has 3 aliphatic heterocycles. The molecule has 1 aromatic rings. The SMILES string of the molecule is CC1(CN)CCN(C2NC(=O)C3C(Nc4cccc(Cl)c4Cl)NNC3N2)CC1. The molecule has 1 amide bonds. The number of nitrogens with zero attached hydrogens (tertiary/aromatic N) is 1. The molecule has 3 aliphatic rings. The second-order valence-corrected chi connectivity index (χ2v) is 8.93. The Hall–Kier alpha value is -1.13. The first-order valence-electron chi connectivity index (χ1n) is 9.62. The van der Waals surface area contributed by atoms with E-state index in [1.807, 2.05) is 12.1 Å². The number of nitrogens with one attached hydrogen (secondary N) is 5. The highest BCUT2D eigenvalue weighted by Gasteiger charge is 2.47. The standard InChI is InChI=1S/C18H27Cl2N7O/c1-18(9-21)5-7-27(8-6-18)17-23-15-12(16(28)24-17)14(25-26-15)22-11-4-2-3-10(19)13(11)20/h2-4,12,14-15,17,22-23,25-26H,5-9,21H2,1H3,(H,24,28). The lowest BCUT2D eigenvalue weighted by Gasteiger charge is -2.45. The highest BCUT2D eigenvalue weighted by Crippen LogP contribution is 2.32. The van der Waals surface area contributed by atoms with Crippen LogP contribution in [0, 0.1) is 11.3 Å². The smallest absolute Gasteiger partial charge is 0.231 e. The Labute approximate surface area is 174 Å². The lowest BCUT2D eigenvalue weighted by molar-refractivity contribution is -0.132. The van der Waals surface area contributed by atoms with E-state index in [1.165, 1.54) is 0 Å². The van der Waals surface area contributed by atoms with E-state index in [-0.39, 0.29) is 35.9 Å². The number of amides is 1. The Morgan fingerprint density at radius 2 is 2.04 bits per heavy atom. The average Bonchev–Trinajstić information content (AvgIpc) is 3.09. The van der Waals surface area contributed by atoms with Crippen LogP contribution in [-0.4, -0.2) is 49.1 Å². The molecule has 4 unspecified atom stereocenters. The van der Waals surface area contributed by atoms with Crippen LogP contribution in [0.1, 0.15) is 19.8 Å². The summed E-state index contributed by atoms with van der Waals surface area (Å²) in [6, 6.07) is 5.38. The normalized spacial score (nSPS) is 32.6. The van der Waals surface area contributed by atoms with Gasteiger partial charge in [0.05, 0.1) is 21.9 Å². The molecule has 0 spiro atoms. The third-order valence-electron chi connectivity index (χ3n) is 6.16. The summed E-state index contributed by atoms with van der Waals surface area (Å²) in [5.74, 6) is -0.362. The molecule has 154 valence electrons. The summed E-state index contributed by atoms with van der Waals surface area (Å²) in [6.45, 7) is 4.72. The maximum Gasteiger partial charge on any atom is 0.231 e. The van der Waals surface area contributed by atoms with Crippen LogP contribution in [-0.2, 0) is 4.79 Å². The van der Waals surface area contributed by atoms with Crippen molar-refractivity contribution in [2.45, 2.75) is 38.4 Å². The molecule has 0 aromatic heterocycles. The number of benzene rings is 1. The Kier molecular flexibility index (Phi) is 5.72. The molecule has 7 N–H and O–H groups in total. The quantitative estimate of drug-likeness (QED) is 0.422. The molecular weight excluding hydrogens is 401 g/mol. The third-order valence-corrected chi connectivity index (χ3v) is 6.98. The highest BCUT2D eigenvalue weighted by molar-refractivity contribution is 6.43. The van der Waals surface area contributed by atoms with Gasteiger partial charge in [0.25, 0.3) is 0 Å². The molecular formula is C18H27Cl2N7O. The van der Waals surface area contributed by atoms with Gasteiger partial charge in [-0.2, -0.15) is 0 Å². The van der Waals surface area contributed by atoms with Crippen LogP contribution in [0.4, 0.5) is 5.69 Å². The van der Waals surface area contributed by atoms with Crippen molar-refractivity contribution in [3.05, 3.63) is 28.2 Å². The predicted molar refractivity (Wildman–Crippen MR) is 110 cm³/mol. The fraction of sp³-hybridized carbons (Fsp3) is 0.611. The lowest BCUT2D eigenvalue weighted by atomic mass is 9.80. The number of halogens is 2. The van der Waals surface area contributed by atoms with Gasteiger partial charge in [0.2, 0.25) is 5.91 Å². The largest absolute Gasteiger partial charge is 0.367 e. The molecule has 3 heterocycles. The minimum atomic E-state index is -0.342. The molecule has 0 radical (unpaired) electrons. The summed E-state index contributed by atoms with van der Waals surface area (Å²) >= 11 is 12.4. The van der Waals surface area contributed by atoms with Crippen LogP contribution in [0.5, 0.6) is 0 Å². The van der Waals surface area contributed by atoms with E-state index in [0.29, 0.717) is 22.3 Å². The Balaban J connectivity index is 1.40. The molecule has 28 heavy (non-hydrogen) atoms. The molecule has 3 saturated heterocycles. The van der Waals surface area contributed by atoms with Gasteiger partial charge in [-0.25, -0.2) is 10.9 Å². The lowest BCUT2D eigenvalue weighted by Crippen LogP contribution is -2.70. The molecule has 8 nitrogen and oxygen atoms in total. The van der Waals surface area contributed by atoms with Crippen molar-refractivity contribution in [2.75, 3.05) is 25.0 Å². The fourth-order valence-electron chi connectivity index (χ4n) is 4.07. The summed E-state index contributed by atoms with van der Waals surface area (Å²) in [4.78, 5) is 15.2. The number of nitrogens with two attached hydrogens (primary N) is 1. The van der Waals surface area contributed by atoms with Crippen molar-refractivity contribution in [1.29, 1.82) is 0 Å². The zero-order valence-electron chi connectivity index (χ0n) is 15.8. The summed E-state index contributed by atoms with van der Waals surface area (Å²) in [6.07, 6.45) is 1.33. The van der Waals surface area contributed by atoms with Gasteiger partial charge in [0.15, 0.2) is 0 Å². The van der Waals surface area contributed by atoms with Gasteiger partial charge < -0.3 is 16.4 Å². The molecule has 4 rings (SSSR count). The molecule has 0 aliphatic carbocycles. The van der Waals surface area contributed by atoms with Gasteiger partial charge in [0.1, 0.15) is 18.4 Å². The fourth-order valence-corrected chi connectivity index (χ4v) is 4.43. The van der Waals surface area contributed by atoms with E-state index in [1.54, 1.807) is 6.07 Å². The van der Waals surface area contributed by atoms with Crippen LogP contribution in [0.3, 0.4) is 0 Å². The number of anilines is 1. The molecule has 0 bridgehead atoms. The van der Waals surface area contributed by atoms with E-state index in [0.717, 1.165) is 25.9 Å². The number of rotatable bonds is 4. The van der Waals surface area contributed by atoms with E-state index in [2.05, 4.69) is 38.6 Å². The second kappa shape index (κ2) is 7.95. The molecule has 0 saturated carbocycles. The summed E-state index contributed by atoms with van der Waals surface area (Å²) in [5.41, 5.74) is 13.1. The maximum atomic E-state index is 12.9. The number of carbonyl (C=O) groups excluding carboxylic acids is 1. The van der Waals surface area contributed by atoms with Crippen molar-refractivity contribution in [3.8, 4) is 0 Å². The van der Waals surface area contributed by atoms with Crippen molar-refractivity contribution in [1.82, 2.24) is 26.4 Å². The number of hydrogen-bond donors (Lipinski definition) is 6. The van der Waals surface area contributed by atoms with Crippen LogP contribution in [0.2, 0.25) is 10.0 Å². The molecule has 3 fully saturated rings. The van der Waals surface area contributed by atoms with E-state index in [4.69, 9.17) is 28.9 Å². The number of carbonyl (C=O) groups is 1. The van der Waals surface area contributed by atoms with Gasteiger partial charge in [-0.3, -0.25) is 15.0 Å². The van der Waals surface area contributed by atoms with Crippen molar-refractivity contribution in [3.63, 3.8) is 0 Å². The minimum absolute atomic E-state index is 0.0194. The first-order valence-corrected chi connectivity index (χ1v) is 10.4. The minimum Gasteiger partial charge on any atom is -0.367 e. The van der Waals surface area contributed by atoms with Crippen molar-refractivity contribution in [2.24, 2.45) is 17.1 Å². The average molecular weight is 428 g/mol. The summed E-state index contributed by atoms with van der Waals surface area (Å²) in [5, 5.41) is 10.8. The molecule has 1 aromatic carbocycles. The topological polar surface area (TPSA) is 106 Å². The van der Waals surface area contributed by atoms with Gasteiger partial charge in [-0.1, -0.05) is 36.2 Å². The zero-order chi connectivity index (χ0) is 19.9. The summed E-state index contributed by atoms with van der Waals surface area (Å²) in [7, 11) is 0. The molecule has 4 atom stereocenters. The first-order chi connectivity index (χ1) is 13.4. The van der Waals surface area contributed by atoms with Gasteiger partial charge >= 0.3 is 0 Å². The van der Waals surface area contributed by atoms with Gasteiger partial charge in [-0.15, -0.1) is 0 Å². The van der Waals surface area contributed by atoms with E-state index < -0.39 is 0 Å². The van der Waals surface area contributed by atoms with Crippen LogP contribution in [0.15, 0.2) is 18.2 Å². The van der Waals surface area contributed by atoms with Gasteiger partial charge in [0, 0.05) is 13.1 Å². The number of likely N-dealkylation sites (tertiary alicyclic amines) is 1. The molecule has 10 heteroatoms. The number of piperidine rings is 1. The highest BCUT2D eigenvalue weighted by atomic mass is 35.5. The Bertz CT molecular complexity index is 741. The zero-order valence-corrected chi connectivity index (χ0v) is 17.3. The summed E-state index contributed by atoms with van der Waals surface area (Å²) < 4.78 is 0. The van der Waals surface area contributed by atoms with Gasteiger partial charge in [-0.05, 0) is 36.9 Å². The van der Waals surface area contributed by atoms with E-state index >= 15 is 0 Å². The first kappa shape index (κ1) is 20.2. The van der Waals surface area contributed by atoms with Crippen LogP contribution < -0.4 is 32.5 Å². The number of hydrogen-bond acceptors (Lipinski definition) is 7. The Morgan fingerprint density at radius 3 is 2.75 bits per heavy atom. The monoisotopic (exact) mass is 427 g/mol. The van der Waals surface area contributed by atoms with E-state index in [9.17, 15) is 4.79 Å². The maximum absolute atomic E-state index is 12.9.